The lowest BCUT2D eigenvalue weighted by molar-refractivity contribution is -0.138. The van der Waals surface area contributed by atoms with Gasteiger partial charge in [-0.05, 0) is 25.7 Å². The molecule has 0 aliphatic carbocycles. The first-order valence-electron chi connectivity index (χ1n) is 9.29. The quantitative estimate of drug-likeness (QED) is 0.247. The zero-order chi connectivity index (χ0) is 23.7. The average molecular weight is 519 g/mol. The number of hydrogen-bond donors (Lipinski definition) is 0. The Balaban J connectivity index is 1.84. The molecule has 0 spiro atoms. The van der Waals surface area contributed by atoms with E-state index in [9.17, 15) is 19.2 Å². The molecule has 8 nitrogen and oxygen atoms in total. The van der Waals surface area contributed by atoms with Crippen molar-refractivity contribution in [3.63, 3.8) is 0 Å². The first-order valence-corrected chi connectivity index (χ1v) is 12.6. The highest BCUT2D eigenvalue weighted by atomic mass is 32.2. The van der Waals surface area contributed by atoms with Crippen LogP contribution in [-0.4, -0.2) is 52.3 Å². The highest BCUT2D eigenvalue weighted by Crippen LogP contribution is 2.51. The van der Waals surface area contributed by atoms with Gasteiger partial charge in [-0.3, -0.25) is 0 Å². The standard InChI is InChI=1S/C20H22O8S4/c1-25-17(21)13-14(18(22)26-2)30-11(29-13)9-7-5-6-8-10-12-31-15(19(23)27-3)16(32-12)20(24)28-4/h9-10H,5-8H2,1-4H3. The van der Waals surface area contributed by atoms with E-state index in [1.807, 2.05) is 12.2 Å². The van der Waals surface area contributed by atoms with E-state index in [4.69, 9.17) is 18.9 Å². The summed E-state index contributed by atoms with van der Waals surface area (Å²) in [6.45, 7) is 0. The molecule has 2 aliphatic heterocycles. The monoisotopic (exact) mass is 518 g/mol. The van der Waals surface area contributed by atoms with Gasteiger partial charge in [0.05, 0.1) is 28.4 Å². The molecular formula is C20H22O8S4. The average Bonchev–Trinajstić information content (AvgIpc) is 3.44. The van der Waals surface area contributed by atoms with Crippen LogP contribution in [0.1, 0.15) is 25.7 Å². The van der Waals surface area contributed by atoms with Gasteiger partial charge in [0.25, 0.3) is 0 Å². The molecule has 0 aromatic rings. The molecule has 2 rings (SSSR count). The number of carbonyl (C=O) groups excluding carboxylic acids is 4. The summed E-state index contributed by atoms with van der Waals surface area (Å²) >= 11 is 4.82. The van der Waals surface area contributed by atoms with Gasteiger partial charge in [0, 0.05) is 8.47 Å². The molecule has 0 radical (unpaired) electrons. The van der Waals surface area contributed by atoms with Crippen LogP contribution in [0.2, 0.25) is 0 Å². The van der Waals surface area contributed by atoms with Crippen LogP contribution in [0.25, 0.3) is 0 Å². The summed E-state index contributed by atoms with van der Waals surface area (Å²) in [7, 11) is 5.07. The molecule has 0 fully saturated rings. The highest BCUT2D eigenvalue weighted by Gasteiger charge is 2.33. The van der Waals surface area contributed by atoms with Crippen molar-refractivity contribution >= 4 is 70.9 Å². The van der Waals surface area contributed by atoms with Gasteiger partial charge in [-0.25, -0.2) is 19.2 Å². The third-order valence-electron chi connectivity index (χ3n) is 3.99. The van der Waals surface area contributed by atoms with Crippen LogP contribution in [-0.2, 0) is 38.1 Å². The maximum absolute atomic E-state index is 11.9. The van der Waals surface area contributed by atoms with Crippen LogP contribution in [0.4, 0.5) is 0 Å². The second kappa shape index (κ2) is 13.1. The first-order chi connectivity index (χ1) is 15.4. The maximum Gasteiger partial charge on any atom is 0.346 e. The summed E-state index contributed by atoms with van der Waals surface area (Å²) in [4.78, 5) is 48.5. The number of hydrogen-bond acceptors (Lipinski definition) is 12. The van der Waals surface area contributed by atoms with Crippen LogP contribution in [0.5, 0.6) is 0 Å². The van der Waals surface area contributed by atoms with Gasteiger partial charge in [0.1, 0.15) is 19.6 Å². The predicted octanol–water partition coefficient (Wildman–Crippen LogP) is 4.30. The Labute approximate surface area is 202 Å². The molecule has 0 unspecified atom stereocenters. The fraction of sp³-hybridized carbons (Fsp3) is 0.400. The second-order valence-corrected chi connectivity index (χ2v) is 10.7. The van der Waals surface area contributed by atoms with Gasteiger partial charge >= 0.3 is 23.9 Å². The van der Waals surface area contributed by atoms with E-state index in [-0.39, 0.29) is 19.6 Å². The minimum absolute atomic E-state index is 0.242. The van der Waals surface area contributed by atoms with Crippen LogP contribution in [0.15, 0.2) is 40.2 Å². The fourth-order valence-corrected chi connectivity index (χ4v) is 7.25. The van der Waals surface area contributed by atoms with Gasteiger partial charge in [-0.1, -0.05) is 59.2 Å². The van der Waals surface area contributed by atoms with Crippen molar-refractivity contribution in [1.82, 2.24) is 0 Å². The van der Waals surface area contributed by atoms with Crippen molar-refractivity contribution < 1.29 is 38.1 Å². The topological polar surface area (TPSA) is 105 Å². The number of allylic oxidation sites excluding steroid dienone is 2. The molecular weight excluding hydrogens is 496 g/mol. The zero-order valence-electron chi connectivity index (χ0n) is 17.9. The van der Waals surface area contributed by atoms with E-state index in [1.54, 1.807) is 0 Å². The van der Waals surface area contributed by atoms with Crippen LogP contribution < -0.4 is 0 Å². The number of unbranched alkanes of at least 4 members (excludes halogenated alkanes) is 3. The smallest absolute Gasteiger partial charge is 0.346 e. The zero-order valence-corrected chi connectivity index (χ0v) is 21.1. The molecule has 0 N–H and O–H groups in total. The number of methoxy groups -OCH3 is 4. The predicted molar refractivity (Wildman–Crippen MR) is 127 cm³/mol. The van der Waals surface area contributed by atoms with E-state index in [2.05, 4.69) is 0 Å². The normalized spacial score (nSPS) is 15.6. The van der Waals surface area contributed by atoms with E-state index >= 15 is 0 Å². The lowest BCUT2D eigenvalue weighted by Crippen LogP contribution is -2.08. The minimum Gasteiger partial charge on any atom is -0.465 e. The minimum atomic E-state index is -0.559. The van der Waals surface area contributed by atoms with E-state index in [1.165, 1.54) is 75.5 Å². The Morgan fingerprint density at radius 3 is 1.03 bits per heavy atom. The summed E-state index contributed by atoms with van der Waals surface area (Å²) in [5.41, 5.74) is 0. The van der Waals surface area contributed by atoms with E-state index in [0.717, 1.165) is 34.2 Å². The molecule has 0 aromatic heterocycles. The number of esters is 4. The molecule has 32 heavy (non-hydrogen) atoms. The summed E-state index contributed by atoms with van der Waals surface area (Å²) < 4.78 is 20.6. The molecule has 0 saturated carbocycles. The molecule has 0 saturated heterocycles. The summed E-state index contributed by atoms with van der Waals surface area (Å²) in [5, 5.41) is 0. The van der Waals surface area contributed by atoms with Crippen molar-refractivity contribution in [3.8, 4) is 0 Å². The molecule has 0 bridgehead atoms. The van der Waals surface area contributed by atoms with E-state index in [0.29, 0.717) is 0 Å². The Hall–Kier alpha value is -1.76. The summed E-state index contributed by atoms with van der Waals surface area (Å²) in [6.07, 6.45) is 7.25. The summed E-state index contributed by atoms with van der Waals surface area (Å²) in [6, 6.07) is 0. The first kappa shape index (κ1) is 26.5. The molecule has 0 atom stereocenters. The van der Waals surface area contributed by atoms with E-state index < -0.39 is 23.9 Å². The second-order valence-electron chi connectivity index (χ2n) is 6.02. The summed E-state index contributed by atoms with van der Waals surface area (Å²) in [5.74, 6) is -2.24. The Bertz CT molecular complexity index is 783. The van der Waals surface area contributed by atoms with Crippen LogP contribution in [0.3, 0.4) is 0 Å². The largest absolute Gasteiger partial charge is 0.465 e. The van der Waals surface area contributed by atoms with Crippen molar-refractivity contribution in [3.05, 3.63) is 40.2 Å². The van der Waals surface area contributed by atoms with Gasteiger partial charge in [-0.2, -0.15) is 0 Å². The molecule has 2 heterocycles. The van der Waals surface area contributed by atoms with Gasteiger partial charge in [0.2, 0.25) is 0 Å². The Kier molecular flexibility index (Phi) is 10.8. The third kappa shape index (κ3) is 6.87. The van der Waals surface area contributed by atoms with Gasteiger partial charge in [0.15, 0.2) is 0 Å². The van der Waals surface area contributed by atoms with Crippen molar-refractivity contribution in [2.24, 2.45) is 0 Å². The molecule has 174 valence electrons. The Morgan fingerprint density at radius 1 is 0.562 bits per heavy atom. The lowest BCUT2D eigenvalue weighted by Gasteiger charge is -2.00. The fourth-order valence-electron chi connectivity index (χ4n) is 2.43. The third-order valence-corrected chi connectivity index (χ3v) is 9.02. The van der Waals surface area contributed by atoms with Crippen LogP contribution in [0, 0.1) is 0 Å². The number of rotatable bonds is 9. The van der Waals surface area contributed by atoms with Gasteiger partial charge in [-0.15, -0.1) is 0 Å². The number of thioether (sulfide) groups is 4. The maximum atomic E-state index is 11.9. The van der Waals surface area contributed by atoms with Crippen molar-refractivity contribution in [2.75, 3.05) is 28.4 Å². The number of ether oxygens (including phenoxy) is 4. The SMILES string of the molecule is COC(=O)C1=C(C(=O)OC)SC(=CCCCCC=C2SC(C(=O)OC)=C(C(=O)OC)S2)S1. The van der Waals surface area contributed by atoms with Crippen molar-refractivity contribution in [2.45, 2.75) is 25.7 Å². The lowest BCUT2D eigenvalue weighted by atomic mass is 10.2. The number of carbonyl (C=O) groups is 4. The molecule has 0 amide bonds. The van der Waals surface area contributed by atoms with Crippen molar-refractivity contribution in [1.29, 1.82) is 0 Å². The highest BCUT2D eigenvalue weighted by molar-refractivity contribution is 8.29. The molecule has 0 aromatic carbocycles. The van der Waals surface area contributed by atoms with Crippen LogP contribution >= 0.6 is 47.0 Å². The molecule has 12 heteroatoms. The van der Waals surface area contributed by atoms with Gasteiger partial charge < -0.3 is 18.9 Å². The Morgan fingerprint density at radius 2 is 0.812 bits per heavy atom. The molecule has 2 aliphatic rings.